The molecule has 0 radical (unpaired) electrons. The second kappa shape index (κ2) is 7.57. The highest BCUT2D eigenvalue weighted by atomic mass is 19.1. The molecule has 0 fully saturated rings. The second-order valence-electron chi connectivity index (χ2n) is 6.64. The van der Waals surface area contributed by atoms with Crippen LogP contribution in [0.15, 0.2) is 64.0 Å². The predicted octanol–water partition coefficient (Wildman–Crippen LogP) is 2.74. The van der Waals surface area contributed by atoms with Crippen LogP contribution in [0.3, 0.4) is 0 Å². The number of rotatable bonds is 6. The van der Waals surface area contributed by atoms with Gasteiger partial charge in [-0.2, -0.15) is 5.10 Å². The third-order valence-corrected chi connectivity index (χ3v) is 4.27. The molecule has 6 nitrogen and oxygen atoms in total. The highest BCUT2D eigenvalue weighted by Gasteiger charge is 2.32. The van der Waals surface area contributed by atoms with Crippen LogP contribution in [0, 0.1) is 5.82 Å². The third kappa shape index (κ3) is 4.13. The van der Waals surface area contributed by atoms with E-state index in [0.29, 0.717) is 24.4 Å². The average molecular weight is 369 g/mol. The standard InChI is InChI=1S/C20H20FN3O3/c1-20(2,19(26)22-12-11-14-5-7-15(21)8-6-14)24-18(25)10-9-16(23-24)17-4-3-13-27-17/h3-10,13H,11-12H2,1-2H3,(H,22,26). The first-order valence-electron chi connectivity index (χ1n) is 8.55. The summed E-state index contributed by atoms with van der Waals surface area (Å²) in [5, 5.41) is 7.10. The first kappa shape index (κ1) is 18.6. The van der Waals surface area contributed by atoms with Crippen molar-refractivity contribution in [2.24, 2.45) is 0 Å². The molecule has 0 atom stereocenters. The van der Waals surface area contributed by atoms with Crippen LogP contribution < -0.4 is 10.9 Å². The summed E-state index contributed by atoms with van der Waals surface area (Å²) < 4.78 is 19.4. The molecule has 2 heterocycles. The molecule has 7 heteroatoms. The maximum Gasteiger partial charge on any atom is 0.267 e. The first-order chi connectivity index (χ1) is 12.9. The van der Waals surface area contributed by atoms with Gasteiger partial charge in [-0.05, 0) is 56.2 Å². The summed E-state index contributed by atoms with van der Waals surface area (Å²) in [4.78, 5) is 24.9. The molecule has 1 aromatic carbocycles. The van der Waals surface area contributed by atoms with Gasteiger partial charge in [0.25, 0.3) is 5.56 Å². The van der Waals surface area contributed by atoms with Crippen molar-refractivity contribution >= 4 is 5.91 Å². The van der Waals surface area contributed by atoms with E-state index in [4.69, 9.17) is 4.42 Å². The zero-order valence-corrected chi connectivity index (χ0v) is 15.1. The Kier molecular flexibility index (Phi) is 5.21. The molecule has 27 heavy (non-hydrogen) atoms. The van der Waals surface area contributed by atoms with Crippen LogP contribution in [0.5, 0.6) is 0 Å². The summed E-state index contributed by atoms with van der Waals surface area (Å²) in [6.07, 6.45) is 2.07. The molecule has 0 aliphatic rings. The van der Waals surface area contributed by atoms with Crippen LogP contribution in [0.4, 0.5) is 4.39 Å². The molecule has 0 spiro atoms. The smallest absolute Gasteiger partial charge is 0.267 e. The van der Waals surface area contributed by atoms with E-state index >= 15 is 0 Å². The average Bonchev–Trinajstić information content (AvgIpc) is 3.18. The summed E-state index contributed by atoms with van der Waals surface area (Å²) in [6, 6.07) is 12.5. The summed E-state index contributed by atoms with van der Waals surface area (Å²) in [5.74, 6) is -0.127. The summed E-state index contributed by atoms with van der Waals surface area (Å²) in [6.45, 7) is 3.61. The monoisotopic (exact) mass is 369 g/mol. The number of carbonyl (C=O) groups excluding carboxylic acids is 1. The van der Waals surface area contributed by atoms with Crippen LogP contribution in [0.25, 0.3) is 11.5 Å². The lowest BCUT2D eigenvalue weighted by Crippen LogP contribution is -2.50. The number of aromatic nitrogens is 2. The molecule has 0 unspecified atom stereocenters. The number of nitrogens with one attached hydrogen (secondary N) is 1. The second-order valence-corrected chi connectivity index (χ2v) is 6.64. The van der Waals surface area contributed by atoms with E-state index in [-0.39, 0.29) is 17.3 Å². The third-order valence-electron chi connectivity index (χ3n) is 4.27. The Morgan fingerprint density at radius 3 is 2.59 bits per heavy atom. The molecule has 3 rings (SSSR count). The summed E-state index contributed by atoms with van der Waals surface area (Å²) in [7, 11) is 0. The van der Waals surface area contributed by atoms with Gasteiger partial charge in [0.05, 0.1) is 6.26 Å². The molecule has 0 bridgehead atoms. The van der Waals surface area contributed by atoms with Gasteiger partial charge in [-0.3, -0.25) is 9.59 Å². The van der Waals surface area contributed by atoms with Crippen molar-refractivity contribution in [2.45, 2.75) is 25.8 Å². The van der Waals surface area contributed by atoms with E-state index in [9.17, 15) is 14.0 Å². The Balaban J connectivity index is 1.73. The highest BCUT2D eigenvalue weighted by Crippen LogP contribution is 2.18. The van der Waals surface area contributed by atoms with Crippen molar-refractivity contribution in [2.75, 3.05) is 6.54 Å². The van der Waals surface area contributed by atoms with E-state index < -0.39 is 5.54 Å². The molecular formula is C20H20FN3O3. The molecule has 0 aliphatic carbocycles. The number of hydrogen-bond donors (Lipinski definition) is 1. The topological polar surface area (TPSA) is 77.1 Å². The molecule has 0 aliphatic heterocycles. The Morgan fingerprint density at radius 1 is 1.19 bits per heavy atom. The molecule has 3 aromatic rings. The number of hydrogen-bond acceptors (Lipinski definition) is 4. The minimum absolute atomic E-state index is 0.300. The Hall–Kier alpha value is -3.22. The minimum Gasteiger partial charge on any atom is -0.463 e. The first-order valence-corrected chi connectivity index (χ1v) is 8.55. The number of benzene rings is 1. The fraction of sp³-hybridized carbons (Fsp3) is 0.250. The van der Waals surface area contributed by atoms with Gasteiger partial charge in [0, 0.05) is 12.6 Å². The lowest BCUT2D eigenvalue weighted by atomic mass is 10.0. The van der Waals surface area contributed by atoms with Crippen LogP contribution in [-0.4, -0.2) is 22.2 Å². The van der Waals surface area contributed by atoms with E-state index in [1.54, 1.807) is 44.2 Å². The van der Waals surface area contributed by atoms with Crippen LogP contribution >= 0.6 is 0 Å². The highest BCUT2D eigenvalue weighted by molar-refractivity contribution is 5.83. The van der Waals surface area contributed by atoms with Crippen molar-refractivity contribution in [3.63, 3.8) is 0 Å². The van der Waals surface area contributed by atoms with Gasteiger partial charge in [0.1, 0.15) is 17.1 Å². The number of furan rings is 1. The van der Waals surface area contributed by atoms with Crippen LogP contribution in [0.1, 0.15) is 19.4 Å². The Bertz CT molecular complexity index is 976. The van der Waals surface area contributed by atoms with Gasteiger partial charge in [-0.1, -0.05) is 12.1 Å². The maximum absolute atomic E-state index is 12.9. The van der Waals surface area contributed by atoms with Gasteiger partial charge in [0.2, 0.25) is 5.91 Å². The molecule has 0 saturated heterocycles. The lowest BCUT2D eigenvalue weighted by Gasteiger charge is -2.25. The van der Waals surface area contributed by atoms with Crippen molar-refractivity contribution < 1.29 is 13.6 Å². The number of halogens is 1. The molecule has 2 aromatic heterocycles. The zero-order chi connectivity index (χ0) is 19.4. The van der Waals surface area contributed by atoms with Gasteiger partial charge in [-0.15, -0.1) is 0 Å². The number of nitrogens with zero attached hydrogens (tertiary/aromatic N) is 2. The Labute approximate surface area is 155 Å². The largest absolute Gasteiger partial charge is 0.463 e. The summed E-state index contributed by atoms with van der Waals surface area (Å²) >= 11 is 0. The fourth-order valence-electron chi connectivity index (χ4n) is 2.65. The molecule has 1 amide bonds. The van der Waals surface area contributed by atoms with E-state index in [0.717, 1.165) is 10.2 Å². The van der Waals surface area contributed by atoms with E-state index in [1.807, 2.05) is 0 Å². The predicted molar refractivity (Wildman–Crippen MR) is 98.6 cm³/mol. The minimum atomic E-state index is -1.19. The zero-order valence-electron chi connectivity index (χ0n) is 15.1. The Morgan fingerprint density at radius 2 is 1.93 bits per heavy atom. The van der Waals surface area contributed by atoms with Crippen molar-refractivity contribution in [3.8, 4) is 11.5 Å². The summed E-state index contributed by atoms with van der Waals surface area (Å²) in [5.41, 5.74) is -0.206. The van der Waals surface area contributed by atoms with Crippen molar-refractivity contribution in [1.82, 2.24) is 15.1 Å². The molecule has 1 N–H and O–H groups in total. The van der Waals surface area contributed by atoms with Gasteiger partial charge >= 0.3 is 0 Å². The van der Waals surface area contributed by atoms with Gasteiger partial charge < -0.3 is 9.73 Å². The van der Waals surface area contributed by atoms with Crippen LogP contribution in [0.2, 0.25) is 0 Å². The molecule has 140 valence electrons. The normalized spacial score (nSPS) is 11.4. The number of carbonyl (C=O) groups is 1. The SMILES string of the molecule is CC(C)(C(=O)NCCc1ccc(F)cc1)n1nc(-c2ccco2)ccc1=O. The molecule has 0 saturated carbocycles. The van der Waals surface area contributed by atoms with E-state index in [1.165, 1.54) is 24.5 Å². The van der Waals surface area contributed by atoms with Gasteiger partial charge in [0.15, 0.2) is 5.76 Å². The number of amides is 1. The molecular weight excluding hydrogens is 349 g/mol. The maximum atomic E-state index is 12.9. The quantitative estimate of drug-likeness (QED) is 0.725. The fourth-order valence-corrected chi connectivity index (χ4v) is 2.65. The van der Waals surface area contributed by atoms with Crippen LogP contribution in [-0.2, 0) is 16.8 Å². The lowest BCUT2D eigenvalue weighted by molar-refractivity contribution is -0.128. The van der Waals surface area contributed by atoms with Gasteiger partial charge in [-0.25, -0.2) is 9.07 Å². The van der Waals surface area contributed by atoms with Crippen molar-refractivity contribution in [1.29, 1.82) is 0 Å². The van der Waals surface area contributed by atoms with E-state index in [2.05, 4.69) is 10.4 Å². The van der Waals surface area contributed by atoms with Crippen molar-refractivity contribution in [3.05, 3.63) is 76.5 Å².